The summed E-state index contributed by atoms with van der Waals surface area (Å²) in [5, 5.41) is 9.68. The summed E-state index contributed by atoms with van der Waals surface area (Å²) < 4.78 is 4.97. The molecule has 0 amide bonds. The molecule has 0 saturated heterocycles. The zero-order valence-electron chi connectivity index (χ0n) is 8.63. The molecule has 0 fully saturated rings. The highest BCUT2D eigenvalue weighted by Crippen LogP contribution is 2.25. The second kappa shape index (κ2) is 4.94. The minimum atomic E-state index is 0.302. The SMILES string of the molecule is Oc1ccccc1Cc1ccccc1OS. The second-order valence-electron chi connectivity index (χ2n) is 3.50. The Morgan fingerprint density at radius 3 is 2.25 bits per heavy atom. The summed E-state index contributed by atoms with van der Waals surface area (Å²) in [5.74, 6) is 1.02. The molecule has 0 aliphatic carbocycles. The van der Waals surface area contributed by atoms with Gasteiger partial charge in [0.2, 0.25) is 0 Å². The number of benzene rings is 2. The number of phenols is 1. The number of phenolic OH excluding ortho intramolecular Hbond substituents is 1. The van der Waals surface area contributed by atoms with Crippen LogP contribution in [0.25, 0.3) is 0 Å². The molecule has 0 saturated carbocycles. The first kappa shape index (κ1) is 10.9. The quantitative estimate of drug-likeness (QED) is 0.628. The molecule has 2 nitrogen and oxygen atoms in total. The summed E-state index contributed by atoms with van der Waals surface area (Å²) >= 11 is 3.81. The van der Waals surface area contributed by atoms with Crippen LogP contribution >= 0.6 is 12.9 Å². The third kappa shape index (κ3) is 2.31. The van der Waals surface area contributed by atoms with E-state index in [1.807, 2.05) is 36.4 Å². The van der Waals surface area contributed by atoms with Crippen LogP contribution in [0, 0.1) is 0 Å². The summed E-state index contributed by atoms with van der Waals surface area (Å²) in [6.45, 7) is 0. The maximum atomic E-state index is 9.68. The van der Waals surface area contributed by atoms with E-state index in [2.05, 4.69) is 12.9 Å². The Morgan fingerprint density at radius 2 is 1.56 bits per heavy atom. The molecular weight excluding hydrogens is 220 g/mol. The second-order valence-corrected chi connectivity index (χ2v) is 3.69. The van der Waals surface area contributed by atoms with Gasteiger partial charge >= 0.3 is 0 Å². The van der Waals surface area contributed by atoms with Gasteiger partial charge in [0.05, 0.1) is 0 Å². The fourth-order valence-electron chi connectivity index (χ4n) is 1.60. The lowest BCUT2D eigenvalue weighted by Gasteiger charge is -2.08. The molecule has 2 aromatic rings. The van der Waals surface area contributed by atoms with E-state index in [-0.39, 0.29) is 0 Å². The van der Waals surface area contributed by atoms with E-state index in [0.29, 0.717) is 17.9 Å². The number of hydrogen-bond donors (Lipinski definition) is 2. The molecule has 0 heterocycles. The van der Waals surface area contributed by atoms with Crippen LogP contribution < -0.4 is 4.18 Å². The first-order valence-electron chi connectivity index (χ1n) is 4.97. The van der Waals surface area contributed by atoms with Gasteiger partial charge in [-0.05, 0) is 17.7 Å². The lowest BCUT2D eigenvalue weighted by molar-refractivity contribution is 0.469. The minimum absolute atomic E-state index is 0.302. The molecule has 2 rings (SSSR count). The Kier molecular flexibility index (Phi) is 3.37. The van der Waals surface area contributed by atoms with E-state index in [1.54, 1.807) is 12.1 Å². The Balaban J connectivity index is 2.30. The molecule has 3 heteroatoms. The van der Waals surface area contributed by atoms with Crippen molar-refractivity contribution >= 4 is 12.9 Å². The highest BCUT2D eigenvalue weighted by Gasteiger charge is 2.06. The molecule has 0 bridgehead atoms. The number of para-hydroxylation sites is 2. The molecular formula is C13H12O2S. The van der Waals surface area contributed by atoms with Crippen LogP contribution in [0.2, 0.25) is 0 Å². The maximum Gasteiger partial charge on any atom is 0.140 e. The molecule has 16 heavy (non-hydrogen) atoms. The van der Waals surface area contributed by atoms with Crippen LogP contribution in [-0.4, -0.2) is 5.11 Å². The van der Waals surface area contributed by atoms with E-state index in [4.69, 9.17) is 4.18 Å². The van der Waals surface area contributed by atoms with Gasteiger partial charge in [0.25, 0.3) is 0 Å². The molecule has 0 spiro atoms. The monoisotopic (exact) mass is 232 g/mol. The van der Waals surface area contributed by atoms with Gasteiger partial charge in [-0.2, -0.15) is 0 Å². The van der Waals surface area contributed by atoms with Gasteiger partial charge in [0, 0.05) is 24.9 Å². The molecule has 0 unspecified atom stereocenters. The predicted molar refractivity (Wildman–Crippen MR) is 67.0 cm³/mol. The van der Waals surface area contributed by atoms with Crippen molar-refractivity contribution in [2.75, 3.05) is 0 Å². The fraction of sp³-hybridized carbons (Fsp3) is 0.0769. The molecule has 0 radical (unpaired) electrons. The highest BCUT2D eigenvalue weighted by molar-refractivity contribution is 7.75. The summed E-state index contributed by atoms with van der Waals surface area (Å²) in [7, 11) is 0. The van der Waals surface area contributed by atoms with Crippen molar-refractivity contribution in [1.29, 1.82) is 0 Å². The highest BCUT2D eigenvalue weighted by atomic mass is 32.1. The average molecular weight is 232 g/mol. The van der Waals surface area contributed by atoms with Crippen molar-refractivity contribution in [2.24, 2.45) is 0 Å². The van der Waals surface area contributed by atoms with Gasteiger partial charge in [0.1, 0.15) is 11.5 Å². The van der Waals surface area contributed by atoms with Gasteiger partial charge in [-0.3, -0.25) is 0 Å². The Hall–Kier alpha value is -1.61. The van der Waals surface area contributed by atoms with Gasteiger partial charge in [0.15, 0.2) is 0 Å². The molecule has 1 N–H and O–H groups in total. The summed E-state index contributed by atoms with van der Waals surface area (Å²) in [4.78, 5) is 0. The van der Waals surface area contributed by atoms with E-state index in [1.165, 1.54) is 0 Å². The molecule has 82 valence electrons. The summed E-state index contributed by atoms with van der Waals surface area (Å²) in [6.07, 6.45) is 0.628. The van der Waals surface area contributed by atoms with Crippen LogP contribution in [-0.2, 0) is 6.42 Å². The van der Waals surface area contributed by atoms with Crippen molar-refractivity contribution in [1.82, 2.24) is 0 Å². The van der Waals surface area contributed by atoms with E-state index in [9.17, 15) is 5.11 Å². The molecule has 0 aromatic heterocycles. The van der Waals surface area contributed by atoms with Crippen molar-refractivity contribution in [3.05, 3.63) is 59.7 Å². The molecule has 0 atom stereocenters. The van der Waals surface area contributed by atoms with Crippen molar-refractivity contribution in [2.45, 2.75) is 6.42 Å². The lowest BCUT2D eigenvalue weighted by Crippen LogP contribution is -1.91. The van der Waals surface area contributed by atoms with Gasteiger partial charge < -0.3 is 9.29 Å². The number of thiol groups is 1. The first-order valence-corrected chi connectivity index (χ1v) is 5.34. The Morgan fingerprint density at radius 1 is 0.938 bits per heavy atom. The fourth-order valence-corrected chi connectivity index (χ4v) is 1.78. The van der Waals surface area contributed by atoms with Crippen molar-refractivity contribution in [3.63, 3.8) is 0 Å². The zero-order valence-corrected chi connectivity index (χ0v) is 9.52. The Labute approximate surface area is 100 Å². The third-order valence-electron chi connectivity index (χ3n) is 2.44. The summed E-state index contributed by atoms with van der Waals surface area (Å²) in [5.41, 5.74) is 1.87. The van der Waals surface area contributed by atoms with Gasteiger partial charge in [-0.1, -0.05) is 36.4 Å². The van der Waals surface area contributed by atoms with Crippen LogP contribution in [0.5, 0.6) is 11.5 Å². The molecule has 2 aromatic carbocycles. The van der Waals surface area contributed by atoms with Crippen LogP contribution in [0.1, 0.15) is 11.1 Å². The number of hydrogen-bond acceptors (Lipinski definition) is 3. The maximum absolute atomic E-state index is 9.68. The normalized spacial score (nSPS) is 10.1. The third-order valence-corrected chi connectivity index (χ3v) is 2.64. The van der Waals surface area contributed by atoms with E-state index in [0.717, 1.165) is 11.1 Å². The van der Waals surface area contributed by atoms with E-state index >= 15 is 0 Å². The lowest BCUT2D eigenvalue weighted by atomic mass is 10.0. The number of aromatic hydroxyl groups is 1. The summed E-state index contributed by atoms with van der Waals surface area (Å²) in [6, 6.07) is 14.9. The van der Waals surface area contributed by atoms with E-state index < -0.39 is 0 Å². The Bertz CT molecular complexity index is 483. The van der Waals surface area contributed by atoms with Gasteiger partial charge in [-0.15, -0.1) is 0 Å². The molecule has 0 aliphatic heterocycles. The first-order chi connectivity index (χ1) is 7.81. The van der Waals surface area contributed by atoms with Gasteiger partial charge in [-0.25, -0.2) is 0 Å². The minimum Gasteiger partial charge on any atom is -0.508 e. The zero-order chi connectivity index (χ0) is 11.4. The largest absolute Gasteiger partial charge is 0.508 e. The number of rotatable bonds is 3. The average Bonchev–Trinajstić information content (AvgIpc) is 2.33. The van der Waals surface area contributed by atoms with Crippen molar-refractivity contribution < 1.29 is 9.29 Å². The topological polar surface area (TPSA) is 29.5 Å². The molecule has 0 aliphatic rings. The smallest absolute Gasteiger partial charge is 0.140 e. The van der Waals surface area contributed by atoms with Crippen LogP contribution in [0.4, 0.5) is 0 Å². The predicted octanol–water partition coefficient (Wildman–Crippen LogP) is 3.21. The van der Waals surface area contributed by atoms with Crippen LogP contribution in [0.15, 0.2) is 48.5 Å². The van der Waals surface area contributed by atoms with Crippen LogP contribution in [0.3, 0.4) is 0 Å². The van der Waals surface area contributed by atoms with Crippen molar-refractivity contribution in [3.8, 4) is 11.5 Å². The standard InChI is InChI=1S/C13H12O2S/c14-12-7-3-1-5-10(12)9-11-6-2-4-8-13(11)15-16/h1-8,14,16H,9H2.